The Labute approximate surface area is 222 Å². The highest BCUT2D eigenvalue weighted by Crippen LogP contribution is 2.23. The van der Waals surface area contributed by atoms with Crippen LogP contribution in [0.5, 0.6) is 0 Å². The minimum atomic E-state index is 0.317. The van der Waals surface area contributed by atoms with E-state index >= 15 is 0 Å². The summed E-state index contributed by atoms with van der Waals surface area (Å²) in [5.74, 6) is 1.52. The van der Waals surface area contributed by atoms with Gasteiger partial charge in [-0.3, -0.25) is 0 Å². The molecule has 0 aliphatic carbocycles. The Kier molecular flexibility index (Phi) is 8.13. The quantitative estimate of drug-likeness (QED) is 0.313. The zero-order chi connectivity index (χ0) is 26.2. The summed E-state index contributed by atoms with van der Waals surface area (Å²) in [7, 11) is 0. The number of aromatic nitrogens is 4. The molecule has 0 atom stereocenters. The van der Waals surface area contributed by atoms with Crippen molar-refractivity contribution in [2.75, 3.05) is 43.8 Å². The van der Waals surface area contributed by atoms with Crippen molar-refractivity contribution in [3.8, 4) is 28.7 Å². The number of hydrogen-bond donors (Lipinski definition) is 3. The smallest absolute Gasteiger partial charge is 0.169 e. The van der Waals surface area contributed by atoms with Crippen LogP contribution in [0.3, 0.4) is 0 Å². The molecule has 0 radical (unpaired) electrons. The average Bonchev–Trinajstić information content (AvgIpc) is 2.98. The lowest BCUT2D eigenvalue weighted by Crippen LogP contribution is -2.43. The third-order valence-electron chi connectivity index (χ3n) is 6.59. The molecule has 9 heteroatoms. The Morgan fingerprint density at radius 2 is 1.74 bits per heavy atom. The van der Waals surface area contributed by atoms with Gasteiger partial charge >= 0.3 is 0 Å². The number of nitrogens with zero attached hydrogens (tertiary/aromatic N) is 6. The highest BCUT2D eigenvalue weighted by molar-refractivity contribution is 5.66. The van der Waals surface area contributed by atoms with Gasteiger partial charge in [0.15, 0.2) is 17.5 Å². The summed E-state index contributed by atoms with van der Waals surface area (Å²) in [5.41, 5.74) is 11.3. The molecular formula is C29H31N9. The molecule has 0 bridgehead atoms. The molecule has 1 aliphatic rings. The number of hydrogen-bond acceptors (Lipinski definition) is 9. The van der Waals surface area contributed by atoms with Crippen molar-refractivity contribution in [2.24, 2.45) is 0 Å². The molecule has 38 heavy (non-hydrogen) atoms. The standard InChI is InChI=1S/C29H31N9/c30-16-21-4-1-7-24(14-21)26-20-33-27(31)29(37-26)36-17-22-5-2-8-25(15-22)28-34-18-23(19-35-28)6-3-11-38-12-9-32-10-13-38/h1-2,4-5,7-8,14-15,18-20,32H,3,6,9-13,17H2,(H2,31,33)(H,36,37). The maximum absolute atomic E-state index is 9.18. The van der Waals surface area contributed by atoms with Crippen LogP contribution in [-0.4, -0.2) is 57.6 Å². The van der Waals surface area contributed by atoms with Crippen molar-refractivity contribution in [1.82, 2.24) is 30.2 Å². The van der Waals surface area contributed by atoms with Crippen molar-refractivity contribution in [1.29, 1.82) is 5.26 Å². The fourth-order valence-corrected chi connectivity index (χ4v) is 4.50. The van der Waals surface area contributed by atoms with Crippen molar-refractivity contribution in [3.63, 3.8) is 0 Å². The van der Waals surface area contributed by atoms with E-state index in [0.717, 1.165) is 67.8 Å². The Bertz CT molecular complexity index is 1410. The second-order valence-corrected chi connectivity index (χ2v) is 9.35. The molecule has 0 unspecified atom stereocenters. The largest absolute Gasteiger partial charge is 0.381 e. The molecule has 2 aromatic heterocycles. The van der Waals surface area contributed by atoms with Gasteiger partial charge in [-0.15, -0.1) is 0 Å². The summed E-state index contributed by atoms with van der Waals surface area (Å²) in [6, 6.07) is 17.5. The molecule has 2 aromatic carbocycles. The van der Waals surface area contributed by atoms with Crippen LogP contribution < -0.4 is 16.4 Å². The first-order valence-corrected chi connectivity index (χ1v) is 12.9. The predicted octanol–water partition coefficient (Wildman–Crippen LogP) is 3.50. The normalized spacial score (nSPS) is 13.7. The minimum absolute atomic E-state index is 0.317. The molecule has 5 rings (SSSR count). The number of nitrogen functional groups attached to an aromatic ring is 1. The van der Waals surface area contributed by atoms with Crippen molar-refractivity contribution < 1.29 is 0 Å². The van der Waals surface area contributed by atoms with Gasteiger partial charge in [-0.1, -0.05) is 30.3 Å². The van der Waals surface area contributed by atoms with Gasteiger partial charge in [0.05, 0.1) is 23.5 Å². The van der Waals surface area contributed by atoms with Crippen molar-refractivity contribution >= 4 is 11.6 Å². The third kappa shape index (κ3) is 6.48. The number of nitrogens with two attached hydrogens (primary N) is 1. The zero-order valence-corrected chi connectivity index (χ0v) is 21.3. The van der Waals surface area contributed by atoms with E-state index in [1.165, 1.54) is 0 Å². The molecule has 1 fully saturated rings. The van der Waals surface area contributed by atoms with E-state index in [1.54, 1.807) is 18.3 Å². The molecule has 1 aliphatic heterocycles. The van der Waals surface area contributed by atoms with Gasteiger partial charge in [0.25, 0.3) is 0 Å². The summed E-state index contributed by atoms with van der Waals surface area (Å²) < 4.78 is 0. The third-order valence-corrected chi connectivity index (χ3v) is 6.59. The van der Waals surface area contributed by atoms with Crippen LogP contribution in [0.15, 0.2) is 67.1 Å². The van der Waals surface area contributed by atoms with E-state index in [1.807, 2.05) is 42.7 Å². The van der Waals surface area contributed by atoms with Crippen LogP contribution in [0.25, 0.3) is 22.6 Å². The molecule has 4 aromatic rings. The molecule has 3 heterocycles. The van der Waals surface area contributed by atoms with Gasteiger partial charge < -0.3 is 21.3 Å². The monoisotopic (exact) mass is 505 g/mol. The molecule has 0 spiro atoms. The number of rotatable bonds is 9. The average molecular weight is 506 g/mol. The van der Waals surface area contributed by atoms with E-state index < -0.39 is 0 Å². The van der Waals surface area contributed by atoms with E-state index in [2.05, 4.69) is 47.6 Å². The van der Waals surface area contributed by atoms with Gasteiger partial charge in [-0.25, -0.2) is 19.9 Å². The van der Waals surface area contributed by atoms with Crippen LogP contribution in [-0.2, 0) is 13.0 Å². The van der Waals surface area contributed by atoms with Gasteiger partial charge in [0.2, 0.25) is 0 Å². The second kappa shape index (κ2) is 12.2. The highest BCUT2D eigenvalue weighted by Gasteiger charge is 2.10. The van der Waals surface area contributed by atoms with Gasteiger partial charge in [-0.05, 0) is 48.7 Å². The summed E-state index contributed by atoms with van der Waals surface area (Å²) >= 11 is 0. The molecule has 192 valence electrons. The number of nitriles is 1. The van der Waals surface area contributed by atoms with Crippen molar-refractivity contribution in [3.05, 3.63) is 83.8 Å². The van der Waals surface area contributed by atoms with Crippen molar-refractivity contribution in [2.45, 2.75) is 19.4 Å². The first kappa shape index (κ1) is 25.3. The van der Waals surface area contributed by atoms with E-state index in [9.17, 15) is 5.26 Å². The molecule has 9 nitrogen and oxygen atoms in total. The van der Waals surface area contributed by atoms with Gasteiger partial charge in [0.1, 0.15) is 0 Å². The van der Waals surface area contributed by atoms with E-state index in [0.29, 0.717) is 35.3 Å². The van der Waals surface area contributed by atoms with Crippen LogP contribution in [0.1, 0.15) is 23.1 Å². The lowest BCUT2D eigenvalue weighted by atomic mass is 10.1. The molecule has 0 saturated carbocycles. The lowest BCUT2D eigenvalue weighted by molar-refractivity contribution is 0.238. The summed E-state index contributed by atoms with van der Waals surface area (Å²) in [5, 5.41) is 15.9. The van der Waals surface area contributed by atoms with Crippen LogP contribution in [0, 0.1) is 11.3 Å². The minimum Gasteiger partial charge on any atom is -0.381 e. The number of nitrogens with one attached hydrogen (secondary N) is 2. The van der Waals surface area contributed by atoms with Gasteiger partial charge in [-0.2, -0.15) is 5.26 Å². The molecule has 1 saturated heterocycles. The van der Waals surface area contributed by atoms with E-state index in [4.69, 9.17) is 5.73 Å². The van der Waals surface area contributed by atoms with Crippen LogP contribution >= 0.6 is 0 Å². The Morgan fingerprint density at radius 1 is 0.947 bits per heavy atom. The van der Waals surface area contributed by atoms with Gasteiger partial charge in [0, 0.05) is 56.2 Å². The van der Waals surface area contributed by atoms with Crippen LogP contribution in [0.4, 0.5) is 11.6 Å². The number of benzene rings is 2. The maximum atomic E-state index is 9.18. The highest BCUT2D eigenvalue weighted by atomic mass is 15.2. The summed E-state index contributed by atoms with van der Waals surface area (Å²) in [6.07, 6.45) is 7.59. The Balaban J connectivity index is 1.20. The topological polar surface area (TPSA) is 129 Å². The number of anilines is 2. The molecule has 0 amide bonds. The Morgan fingerprint density at radius 3 is 2.55 bits per heavy atom. The summed E-state index contributed by atoms with van der Waals surface area (Å²) in [4.78, 5) is 20.7. The lowest BCUT2D eigenvalue weighted by Gasteiger charge is -2.26. The zero-order valence-electron chi connectivity index (χ0n) is 21.3. The predicted molar refractivity (Wildman–Crippen MR) is 149 cm³/mol. The molecule has 4 N–H and O–H groups in total. The SMILES string of the molecule is N#Cc1cccc(-c2cnc(N)c(NCc3cccc(-c4ncc(CCCN5CCNCC5)cn4)c3)n2)c1. The van der Waals surface area contributed by atoms with E-state index in [-0.39, 0.29) is 0 Å². The number of piperazine rings is 1. The fourth-order valence-electron chi connectivity index (χ4n) is 4.50. The first-order chi connectivity index (χ1) is 18.7. The second-order valence-electron chi connectivity index (χ2n) is 9.35. The maximum Gasteiger partial charge on any atom is 0.169 e. The fraction of sp³-hybridized carbons (Fsp3) is 0.276. The number of aryl methyl sites for hydroxylation is 1. The van der Waals surface area contributed by atoms with Crippen LogP contribution in [0.2, 0.25) is 0 Å². The first-order valence-electron chi connectivity index (χ1n) is 12.9. The summed E-state index contributed by atoms with van der Waals surface area (Å²) in [6.45, 7) is 6.04. The molecular weight excluding hydrogens is 474 g/mol. The Hall–Kier alpha value is -4.39.